The molecule has 1 aromatic heterocycles. The van der Waals surface area contributed by atoms with Gasteiger partial charge in [0.15, 0.2) is 0 Å². The van der Waals surface area contributed by atoms with Crippen LogP contribution in [0.3, 0.4) is 0 Å². The smallest absolute Gasteiger partial charge is 0.269 e. The molecule has 0 atom stereocenters. The van der Waals surface area contributed by atoms with Gasteiger partial charge in [-0.05, 0) is 18.6 Å². The summed E-state index contributed by atoms with van der Waals surface area (Å²) in [4.78, 5) is 11.5. The van der Waals surface area contributed by atoms with Crippen molar-refractivity contribution in [3.63, 3.8) is 0 Å². The van der Waals surface area contributed by atoms with Crippen LogP contribution in [0.4, 0.5) is 5.82 Å². The fourth-order valence-corrected chi connectivity index (χ4v) is 1.60. The highest BCUT2D eigenvalue weighted by atomic mass is 16.1. The minimum atomic E-state index is -0.112. The van der Waals surface area contributed by atoms with Gasteiger partial charge < -0.3 is 5.73 Å². The van der Waals surface area contributed by atoms with Crippen LogP contribution in [0, 0.1) is 0 Å². The molecular weight excluding hydrogens is 190 g/mol. The lowest BCUT2D eigenvalue weighted by Crippen LogP contribution is -2.06. The van der Waals surface area contributed by atoms with E-state index in [9.17, 15) is 4.79 Å². The summed E-state index contributed by atoms with van der Waals surface area (Å²) in [6.07, 6.45) is 0.640. The first kappa shape index (κ1) is 9.58. The van der Waals surface area contributed by atoms with E-state index in [1.54, 1.807) is 4.68 Å². The molecule has 78 valence electrons. The van der Waals surface area contributed by atoms with E-state index in [2.05, 4.69) is 5.10 Å². The summed E-state index contributed by atoms with van der Waals surface area (Å²) in [6.45, 7) is 1.91. The zero-order chi connectivity index (χ0) is 10.8. The average Bonchev–Trinajstić information content (AvgIpc) is 2.55. The van der Waals surface area contributed by atoms with E-state index in [0.717, 1.165) is 5.69 Å². The molecule has 0 aliphatic heterocycles. The van der Waals surface area contributed by atoms with Gasteiger partial charge in [-0.1, -0.05) is 25.1 Å². The van der Waals surface area contributed by atoms with Crippen molar-refractivity contribution in [3.8, 4) is 5.69 Å². The molecule has 4 heteroatoms. The van der Waals surface area contributed by atoms with Crippen LogP contribution in [0.5, 0.6) is 0 Å². The van der Waals surface area contributed by atoms with E-state index < -0.39 is 0 Å². The van der Waals surface area contributed by atoms with Crippen LogP contribution in [-0.2, 0) is 6.42 Å². The number of nitrogen functional groups attached to an aromatic ring is 1. The third-order valence-electron chi connectivity index (χ3n) is 2.41. The topological polar surface area (TPSA) is 63.8 Å². The quantitative estimate of drug-likeness (QED) is 0.773. The number of hydrogen-bond acceptors (Lipinski definition) is 2. The Bertz CT molecular complexity index is 510. The van der Waals surface area contributed by atoms with E-state index >= 15 is 0 Å². The maximum Gasteiger partial charge on any atom is 0.269 e. The average molecular weight is 203 g/mol. The molecule has 1 heterocycles. The molecule has 0 unspecified atom stereocenters. The van der Waals surface area contributed by atoms with Crippen molar-refractivity contribution in [1.82, 2.24) is 9.78 Å². The molecule has 1 aromatic carbocycles. The van der Waals surface area contributed by atoms with Crippen molar-refractivity contribution in [2.24, 2.45) is 0 Å². The lowest BCUT2D eigenvalue weighted by atomic mass is 10.2. The molecule has 4 nitrogen and oxygen atoms in total. The monoisotopic (exact) mass is 203 g/mol. The van der Waals surface area contributed by atoms with Gasteiger partial charge in [0, 0.05) is 0 Å². The van der Waals surface area contributed by atoms with E-state index in [1.807, 2.05) is 37.3 Å². The standard InChI is InChI=1S/C11H13N3O/c1-2-9-10(12)14(13-11(9)15)8-6-4-3-5-7-8/h3-7H,2,12H2,1H3,(H,13,15). The normalized spacial score (nSPS) is 10.5. The highest BCUT2D eigenvalue weighted by Gasteiger charge is 2.10. The number of H-pyrrole nitrogens is 1. The minimum Gasteiger partial charge on any atom is -0.383 e. The summed E-state index contributed by atoms with van der Waals surface area (Å²) in [5.41, 5.74) is 7.27. The predicted molar refractivity (Wildman–Crippen MR) is 60.2 cm³/mol. The summed E-state index contributed by atoms with van der Waals surface area (Å²) in [7, 11) is 0. The van der Waals surface area contributed by atoms with Gasteiger partial charge in [-0.25, -0.2) is 4.68 Å². The first-order valence-corrected chi connectivity index (χ1v) is 4.88. The van der Waals surface area contributed by atoms with Crippen molar-refractivity contribution in [2.45, 2.75) is 13.3 Å². The molecule has 2 aromatic rings. The third-order valence-corrected chi connectivity index (χ3v) is 2.41. The third kappa shape index (κ3) is 1.54. The fraction of sp³-hybridized carbons (Fsp3) is 0.182. The summed E-state index contributed by atoms with van der Waals surface area (Å²) < 4.78 is 1.61. The maximum absolute atomic E-state index is 11.5. The minimum absolute atomic E-state index is 0.112. The van der Waals surface area contributed by atoms with Crippen LogP contribution < -0.4 is 11.3 Å². The number of rotatable bonds is 2. The highest BCUT2D eigenvalue weighted by Crippen LogP contribution is 2.13. The molecular formula is C11H13N3O. The number of aromatic nitrogens is 2. The van der Waals surface area contributed by atoms with Crippen LogP contribution >= 0.6 is 0 Å². The molecule has 0 fully saturated rings. The SMILES string of the molecule is CCc1c(N)n(-c2ccccc2)[nH]c1=O. The Morgan fingerprint density at radius 1 is 1.33 bits per heavy atom. The molecule has 0 saturated carbocycles. The summed E-state index contributed by atoms with van der Waals surface area (Å²) in [5, 5.41) is 2.72. The van der Waals surface area contributed by atoms with E-state index in [0.29, 0.717) is 17.8 Å². The van der Waals surface area contributed by atoms with Crippen molar-refractivity contribution in [2.75, 3.05) is 5.73 Å². The van der Waals surface area contributed by atoms with Crippen molar-refractivity contribution >= 4 is 5.82 Å². The Hall–Kier alpha value is -1.97. The number of nitrogens with two attached hydrogens (primary N) is 1. The number of nitrogens with zero attached hydrogens (tertiary/aromatic N) is 1. The van der Waals surface area contributed by atoms with Gasteiger partial charge in [-0.15, -0.1) is 0 Å². The lowest BCUT2D eigenvalue weighted by molar-refractivity contribution is 0.874. The van der Waals surface area contributed by atoms with Crippen molar-refractivity contribution in [3.05, 3.63) is 46.2 Å². The molecule has 2 rings (SSSR count). The largest absolute Gasteiger partial charge is 0.383 e. The second kappa shape index (κ2) is 3.65. The van der Waals surface area contributed by atoms with Gasteiger partial charge in [0.05, 0.1) is 11.3 Å². The maximum atomic E-state index is 11.5. The number of hydrogen-bond donors (Lipinski definition) is 2. The van der Waals surface area contributed by atoms with Gasteiger partial charge in [-0.3, -0.25) is 9.89 Å². The van der Waals surface area contributed by atoms with E-state index in [1.165, 1.54) is 0 Å². The molecule has 0 saturated heterocycles. The van der Waals surface area contributed by atoms with Crippen LogP contribution in [0.1, 0.15) is 12.5 Å². The Labute approximate surface area is 87.3 Å². The van der Waals surface area contributed by atoms with Crippen molar-refractivity contribution < 1.29 is 0 Å². The zero-order valence-electron chi connectivity index (χ0n) is 8.53. The lowest BCUT2D eigenvalue weighted by Gasteiger charge is -2.04. The zero-order valence-corrected chi connectivity index (χ0v) is 8.53. The van der Waals surface area contributed by atoms with E-state index in [4.69, 9.17) is 5.73 Å². The highest BCUT2D eigenvalue weighted by molar-refractivity contribution is 5.46. The van der Waals surface area contributed by atoms with Crippen molar-refractivity contribution in [1.29, 1.82) is 0 Å². The summed E-state index contributed by atoms with van der Waals surface area (Å²) in [5.74, 6) is 0.494. The number of nitrogens with one attached hydrogen (secondary N) is 1. The Kier molecular flexibility index (Phi) is 2.33. The molecule has 0 aliphatic carbocycles. The number of anilines is 1. The number of benzene rings is 1. The molecule has 0 amide bonds. The molecule has 0 radical (unpaired) electrons. The number of aromatic amines is 1. The molecule has 0 aliphatic rings. The van der Waals surface area contributed by atoms with Gasteiger partial charge >= 0.3 is 0 Å². The molecule has 3 N–H and O–H groups in total. The first-order chi connectivity index (χ1) is 7.24. The summed E-state index contributed by atoms with van der Waals surface area (Å²) in [6, 6.07) is 9.51. The van der Waals surface area contributed by atoms with Crippen LogP contribution in [0.15, 0.2) is 35.1 Å². The molecule has 0 spiro atoms. The summed E-state index contributed by atoms with van der Waals surface area (Å²) >= 11 is 0. The fourth-order valence-electron chi connectivity index (χ4n) is 1.60. The van der Waals surface area contributed by atoms with Gasteiger partial charge in [-0.2, -0.15) is 0 Å². The molecule has 0 bridgehead atoms. The second-order valence-corrected chi connectivity index (χ2v) is 3.33. The van der Waals surface area contributed by atoms with E-state index in [-0.39, 0.29) is 5.56 Å². The first-order valence-electron chi connectivity index (χ1n) is 4.88. The second-order valence-electron chi connectivity index (χ2n) is 3.33. The van der Waals surface area contributed by atoms with Crippen LogP contribution in [0.25, 0.3) is 5.69 Å². The number of para-hydroxylation sites is 1. The van der Waals surface area contributed by atoms with Crippen LogP contribution in [0.2, 0.25) is 0 Å². The Morgan fingerprint density at radius 3 is 2.53 bits per heavy atom. The van der Waals surface area contributed by atoms with Crippen LogP contribution in [-0.4, -0.2) is 9.78 Å². The Morgan fingerprint density at radius 2 is 2.00 bits per heavy atom. The Balaban J connectivity index is 2.60. The van der Waals surface area contributed by atoms with Gasteiger partial charge in [0.1, 0.15) is 5.82 Å². The van der Waals surface area contributed by atoms with Gasteiger partial charge in [0.2, 0.25) is 0 Å². The predicted octanol–water partition coefficient (Wildman–Crippen LogP) is 1.31. The molecule has 15 heavy (non-hydrogen) atoms. The van der Waals surface area contributed by atoms with Gasteiger partial charge in [0.25, 0.3) is 5.56 Å².